The summed E-state index contributed by atoms with van der Waals surface area (Å²) in [6, 6.07) is 5.43. The van der Waals surface area contributed by atoms with Gasteiger partial charge in [0.1, 0.15) is 5.82 Å². The lowest BCUT2D eigenvalue weighted by Gasteiger charge is -1.82. The van der Waals surface area contributed by atoms with Crippen LogP contribution in [0.25, 0.3) is 0 Å². The molecule has 0 aliphatic heterocycles. The van der Waals surface area contributed by atoms with Gasteiger partial charge in [0.15, 0.2) is 6.19 Å². The first kappa shape index (κ1) is 8.24. The Kier molecular flexibility index (Phi) is 4.43. The van der Waals surface area contributed by atoms with Crippen molar-refractivity contribution < 1.29 is 0 Å². The summed E-state index contributed by atoms with van der Waals surface area (Å²) in [5, 5.41) is 7.10. The van der Waals surface area contributed by atoms with Crippen LogP contribution in [-0.2, 0) is 0 Å². The van der Waals surface area contributed by atoms with Crippen LogP contribution in [0, 0.1) is 11.5 Å². The van der Waals surface area contributed by atoms with E-state index in [0.29, 0.717) is 5.82 Å². The normalized spacial score (nSPS) is 6.70. The number of aromatic nitrogens is 1. The Bertz CT molecular complexity index is 201. The van der Waals surface area contributed by atoms with Crippen LogP contribution in [0.2, 0.25) is 0 Å². The average molecular weight is 136 g/mol. The first-order valence-corrected chi connectivity index (χ1v) is 2.57. The highest BCUT2D eigenvalue weighted by Crippen LogP contribution is 1.89. The number of nitrogens with zero attached hydrogens (tertiary/aromatic N) is 2. The van der Waals surface area contributed by atoms with Crippen LogP contribution in [0.3, 0.4) is 0 Å². The minimum Gasteiger partial charge on any atom is -0.384 e. The molecule has 0 saturated carbocycles. The third kappa shape index (κ3) is 4.40. The topological polar surface area (TPSA) is 88.7 Å². The van der Waals surface area contributed by atoms with Gasteiger partial charge in [-0.05, 0) is 12.1 Å². The Morgan fingerprint density at radius 3 is 2.30 bits per heavy atom. The van der Waals surface area contributed by atoms with Gasteiger partial charge in [0.05, 0.1) is 0 Å². The summed E-state index contributed by atoms with van der Waals surface area (Å²) in [5.41, 5.74) is 9.40. The van der Waals surface area contributed by atoms with Crippen LogP contribution in [0.5, 0.6) is 0 Å². The van der Waals surface area contributed by atoms with Crippen LogP contribution in [0.1, 0.15) is 0 Å². The van der Waals surface area contributed by atoms with Gasteiger partial charge in [-0.3, -0.25) is 0 Å². The smallest absolute Gasteiger partial charge is 0.173 e. The molecule has 1 rings (SSSR count). The molecule has 1 aromatic rings. The largest absolute Gasteiger partial charge is 0.384 e. The van der Waals surface area contributed by atoms with Gasteiger partial charge < -0.3 is 11.5 Å². The lowest BCUT2D eigenvalue weighted by atomic mass is 10.5. The number of nitrogen functional groups attached to an aromatic ring is 1. The van der Waals surface area contributed by atoms with Gasteiger partial charge in [0, 0.05) is 6.20 Å². The maximum absolute atomic E-state index is 7.10. The molecule has 4 heteroatoms. The molecule has 0 aliphatic carbocycles. The maximum Gasteiger partial charge on any atom is 0.173 e. The Labute approximate surface area is 59.1 Å². The highest BCUT2D eigenvalue weighted by Gasteiger charge is 1.73. The van der Waals surface area contributed by atoms with E-state index in [9.17, 15) is 0 Å². The SMILES string of the molecule is N#CN.Nc1ccccn1. The number of nitriles is 1. The molecule has 0 spiro atoms. The van der Waals surface area contributed by atoms with Gasteiger partial charge in [-0.1, -0.05) is 6.07 Å². The first-order chi connectivity index (χ1) is 4.81. The molecule has 0 atom stereocenters. The molecule has 0 bridgehead atoms. The van der Waals surface area contributed by atoms with Gasteiger partial charge in [0.25, 0.3) is 0 Å². The zero-order chi connectivity index (χ0) is 7.82. The number of anilines is 1. The van der Waals surface area contributed by atoms with Crippen molar-refractivity contribution in [3.63, 3.8) is 0 Å². The second kappa shape index (κ2) is 5.38. The van der Waals surface area contributed by atoms with E-state index in [1.165, 1.54) is 6.19 Å². The molecule has 0 amide bonds. The van der Waals surface area contributed by atoms with E-state index in [-0.39, 0.29) is 0 Å². The molecular weight excluding hydrogens is 128 g/mol. The maximum atomic E-state index is 7.10. The van der Waals surface area contributed by atoms with E-state index in [4.69, 9.17) is 11.0 Å². The van der Waals surface area contributed by atoms with Crippen molar-refractivity contribution in [2.75, 3.05) is 5.73 Å². The van der Waals surface area contributed by atoms with Gasteiger partial charge in [-0.25, -0.2) is 4.98 Å². The van der Waals surface area contributed by atoms with Gasteiger partial charge in [-0.2, -0.15) is 5.26 Å². The zero-order valence-corrected chi connectivity index (χ0v) is 5.36. The Balaban J connectivity index is 0.000000236. The molecule has 0 aliphatic rings. The average Bonchev–Trinajstić information content (AvgIpc) is 1.91. The first-order valence-electron chi connectivity index (χ1n) is 2.57. The van der Waals surface area contributed by atoms with Gasteiger partial charge >= 0.3 is 0 Å². The van der Waals surface area contributed by atoms with Crippen LogP contribution in [0.15, 0.2) is 24.4 Å². The number of nitrogens with two attached hydrogens (primary N) is 2. The van der Waals surface area contributed by atoms with Gasteiger partial charge in [0.2, 0.25) is 0 Å². The Morgan fingerprint density at radius 1 is 1.50 bits per heavy atom. The van der Waals surface area contributed by atoms with E-state index in [2.05, 4.69) is 10.7 Å². The van der Waals surface area contributed by atoms with Crippen molar-refractivity contribution >= 4 is 5.82 Å². The third-order valence-corrected chi connectivity index (χ3v) is 0.688. The quantitative estimate of drug-likeness (QED) is 0.390. The van der Waals surface area contributed by atoms with Crippen LogP contribution in [-0.4, -0.2) is 4.98 Å². The molecule has 52 valence electrons. The second-order valence-corrected chi connectivity index (χ2v) is 1.38. The summed E-state index contributed by atoms with van der Waals surface area (Å²) in [5.74, 6) is 0.572. The molecule has 1 aromatic heterocycles. The molecule has 0 radical (unpaired) electrons. The van der Waals surface area contributed by atoms with Crippen molar-refractivity contribution in [3.05, 3.63) is 24.4 Å². The molecule has 0 aromatic carbocycles. The predicted molar refractivity (Wildman–Crippen MR) is 38.4 cm³/mol. The Hall–Kier alpha value is -1.76. The summed E-state index contributed by atoms with van der Waals surface area (Å²) >= 11 is 0. The molecule has 4 N–H and O–H groups in total. The summed E-state index contributed by atoms with van der Waals surface area (Å²) in [4.78, 5) is 3.76. The van der Waals surface area contributed by atoms with Crippen LogP contribution in [0.4, 0.5) is 5.82 Å². The Morgan fingerprint density at radius 2 is 2.10 bits per heavy atom. The summed E-state index contributed by atoms with van der Waals surface area (Å²) < 4.78 is 0. The minimum atomic E-state index is 0.572. The van der Waals surface area contributed by atoms with Crippen molar-refractivity contribution in [2.45, 2.75) is 0 Å². The fourth-order valence-corrected chi connectivity index (χ4v) is 0.376. The predicted octanol–water partition coefficient (Wildman–Crippen LogP) is 0.0900. The third-order valence-electron chi connectivity index (χ3n) is 0.688. The van der Waals surface area contributed by atoms with Gasteiger partial charge in [-0.15, -0.1) is 0 Å². The fourth-order valence-electron chi connectivity index (χ4n) is 0.376. The molecule has 1 heterocycles. The van der Waals surface area contributed by atoms with Crippen molar-refractivity contribution in [1.29, 1.82) is 5.26 Å². The fraction of sp³-hybridized carbons (Fsp3) is 0. The highest BCUT2D eigenvalue weighted by atomic mass is 14.8. The highest BCUT2D eigenvalue weighted by molar-refractivity contribution is 5.25. The van der Waals surface area contributed by atoms with E-state index in [1.54, 1.807) is 12.3 Å². The lowest BCUT2D eigenvalue weighted by molar-refractivity contribution is 1.34. The van der Waals surface area contributed by atoms with Crippen LogP contribution >= 0.6 is 0 Å². The van der Waals surface area contributed by atoms with E-state index >= 15 is 0 Å². The molecule has 0 saturated heterocycles. The van der Waals surface area contributed by atoms with Crippen molar-refractivity contribution in [2.24, 2.45) is 5.73 Å². The van der Waals surface area contributed by atoms with Crippen molar-refractivity contribution in [1.82, 2.24) is 4.98 Å². The number of pyridine rings is 1. The molecule has 4 nitrogen and oxygen atoms in total. The monoisotopic (exact) mass is 136 g/mol. The summed E-state index contributed by atoms with van der Waals surface area (Å²) in [6.07, 6.45) is 2.91. The van der Waals surface area contributed by atoms with Crippen molar-refractivity contribution in [3.8, 4) is 6.19 Å². The lowest BCUT2D eigenvalue weighted by Crippen LogP contribution is -1.85. The van der Waals surface area contributed by atoms with Crippen LogP contribution < -0.4 is 11.5 Å². The molecule has 0 unspecified atom stereocenters. The second-order valence-electron chi connectivity index (χ2n) is 1.38. The molecule has 10 heavy (non-hydrogen) atoms. The van der Waals surface area contributed by atoms with E-state index in [0.717, 1.165) is 0 Å². The summed E-state index contributed by atoms with van der Waals surface area (Å²) in [6.45, 7) is 0. The number of hydrogen-bond donors (Lipinski definition) is 2. The number of rotatable bonds is 0. The van der Waals surface area contributed by atoms with E-state index in [1.807, 2.05) is 12.1 Å². The summed E-state index contributed by atoms with van der Waals surface area (Å²) in [7, 11) is 0. The molecular formula is C6H8N4. The minimum absolute atomic E-state index is 0.572. The molecule has 0 fully saturated rings. The van der Waals surface area contributed by atoms with E-state index < -0.39 is 0 Å². The zero-order valence-electron chi connectivity index (χ0n) is 5.36. The number of hydrogen-bond acceptors (Lipinski definition) is 4. The standard InChI is InChI=1S/C5H6N2.CH2N2/c6-5-3-1-2-4-7-5;2-1-3/h1-4H,(H2,6,7);2H2.